The van der Waals surface area contributed by atoms with Gasteiger partial charge in [-0.15, -0.1) is 0 Å². The molecule has 1 aliphatic rings. The minimum atomic E-state index is -3.01. The molecule has 0 atom stereocenters. The second kappa shape index (κ2) is 5.47. The van der Waals surface area contributed by atoms with Crippen molar-refractivity contribution in [2.45, 2.75) is 38.1 Å². The number of nitrogens with one attached hydrogen (secondary N) is 1. The van der Waals surface area contributed by atoms with Crippen LogP contribution >= 0.6 is 15.9 Å². The molecule has 1 aliphatic carbocycles. The second-order valence-corrected chi connectivity index (χ2v) is 6.66. The summed E-state index contributed by atoms with van der Waals surface area (Å²) in [4.78, 5) is 0. The minimum absolute atomic E-state index is 0.177. The number of sulfonamides is 1. The molecule has 0 bridgehead atoms. The van der Waals surface area contributed by atoms with E-state index >= 15 is 0 Å². The van der Waals surface area contributed by atoms with Gasteiger partial charge in [0.15, 0.2) is 0 Å². The fraction of sp³-hybridized carbons (Fsp3) is 1.00. The van der Waals surface area contributed by atoms with E-state index in [1.165, 1.54) is 12.7 Å². The lowest BCUT2D eigenvalue weighted by atomic mass is 9.85. The summed E-state index contributed by atoms with van der Waals surface area (Å²) in [5, 5.41) is 1.06. The number of halogens is 1. The van der Waals surface area contributed by atoms with E-state index in [0.717, 1.165) is 36.9 Å². The van der Waals surface area contributed by atoms with Gasteiger partial charge in [-0.05, 0) is 38.0 Å². The molecule has 0 aliphatic heterocycles. The van der Waals surface area contributed by atoms with Gasteiger partial charge in [-0.3, -0.25) is 0 Å². The summed E-state index contributed by atoms with van der Waals surface area (Å²) < 4.78 is 24.7. The van der Waals surface area contributed by atoms with Crippen molar-refractivity contribution in [1.82, 2.24) is 4.72 Å². The summed E-state index contributed by atoms with van der Waals surface area (Å²) in [6.45, 7) is 0. The Balaban J connectivity index is 2.29. The van der Waals surface area contributed by atoms with E-state index in [4.69, 9.17) is 0 Å². The van der Waals surface area contributed by atoms with E-state index in [0.29, 0.717) is 0 Å². The summed E-state index contributed by atoms with van der Waals surface area (Å²) in [5.41, 5.74) is 0. The zero-order chi connectivity index (χ0) is 10.6. The first-order valence-corrected chi connectivity index (χ1v) is 8.06. The van der Waals surface area contributed by atoms with E-state index in [1.54, 1.807) is 0 Å². The molecule has 1 N–H and O–H groups in total. The molecule has 0 amide bonds. The summed E-state index contributed by atoms with van der Waals surface area (Å²) >= 11 is 3.44. The Bertz CT molecular complexity index is 258. The van der Waals surface area contributed by atoms with Crippen LogP contribution in [0.4, 0.5) is 0 Å². The fourth-order valence-electron chi connectivity index (χ4n) is 2.03. The van der Waals surface area contributed by atoms with Crippen molar-refractivity contribution in [2.24, 2.45) is 5.92 Å². The van der Waals surface area contributed by atoms with E-state index in [2.05, 4.69) is 20.7 Å². The normalized spacial score (nSPS) is 29.0. The third-order valence-electron chi connectivity index (χ3n) is 2.74. The molecule has 3 nitrogen and oxygen atoms in total. The zero-order valence-corrected chi connectivity index (χ0v) is 10.9. The number of hydrogen-bond donors (Lipinski definition) is 1. The largest absolute Gasteiger partial charge is 0.213 e. The van der Waals surface area contributed by atoms with Crippen molar-refractivity contribution in [3.05, 3.63) is 0 Å². The standard InChI is InChI=1S/C9H18BrNO2S/c1-14(12,13)11-9-4-2-8(3-5-9)6-7-10/h8-9,11H,2-7H2,1H3. The topological polar surface area (TPSA) is 46.2 Å². The molecule has 14 heavy (non-hydrogen) atoms. The lowest BCUT2D eigenvalue weighted by Crippen LogP contribution is -2.36. The molecule has 0 heterocycles. The molecule has 0 aromatic rings. The van der Waals surface area contributed by atoms with Crippen molar-refractivity contribution in [3.8, 4) is 0 Å². The van der Waals surface area contributed by atoms with E-state index in [-0.39, 0.29) is 6.04 Å². The van der Waals surface area contributed by atoms with Gasteiger partial charge >= 0.3 is 0 Å². The predicted molar refractivity (Wildman–Crippen MR) is 62.1 cm³/mol. The Morgan fingerprint density at radius 1 is 1.29 bits per heavy atom. The van der Waals surface area contributed by atoms with Crippen molar-refractivity contribution >= 4 is 26.0 Å². The van der Waals surface area contributed by atoms with Gasteiger partial charge in [0.1, 0.15) is 0 Å². The van der Waals surface area contributed by atoms with E-state index < -0.39 is 10.0 Å². The molecule has 1 saturated carbocycles. The summed E-state index contributed by atoms with van der Waals surface area (Å²) in [6, 6.07) is 0.177. The summed E-state index contributed by atoms with van der Waals surface area (Å²) in [6.07, 6.45) is 6.73. The van der Waals surface area contributed by atoms with Crippen molar-refractivity contribution in [2.75, 3.05) is 11.6 Å². The maximum absolute atomic E-state index is 11.0. The van der Waals surface area contributed by atoms with Gasteiger partial charge in [0.25, 0.3) is 0 Å². The highest BCUT2D eigenvalue weighted by molar-refractivity contribution is 9.09. The number of rotatable bonds is 4. The highest BCUT2D eigenvalue weighted by Crippen LogP contribution is 2.27. The van der Waals surface area contributed by atoms with Gasteiger partial charge in [-0.1, -0.05) is 15.9 Å². The van der Waals surface area contributed by atoms with Crippen LogP contribution in [0.1, 0.15) is 32.1 Å². The molecule has 5 heteroatoms. The average molecular weight is 284 g/mol. The average Bonchev–Trinajstić information content (AvgIpc) is 2.06. The molecule has 1 fully saturated rings. The van der Waals surface area contributed by atoms with Gasteiger partial charge in [0, 0.05) is 11.4 Å². The van der Waals surface area contributed by atoms with Crippen LogP contribution in [0.3, 0.4) is 0 Å². The van der Waals surface area contributed by atoms with Crippen LogP contribution in [-0.4, -0.2) is 26.0 Å². The first-order valence-electron chi connectivity index (χ1n) is 5.04. The first-order chi connectivity index (χ1) is 6.51. The molecule has 0 aromatic heterocycles. The third-order valence-corrected chi connectivity index (χ3v) is 3.96. The van der Waals surface area contributed by atoms with Gasteiger partial charge in [-0.2, -0.15) is 0 Å². The number of alkyl halides is 1. The molecule has 0 saturated heterocycles. The molecule has 84 valence electrons. The molecular weight excluding hydrogens is 266 g/mol. The molecule has 0 unspecified atom stereocenters. The van der Waals surface area contributed by atoms with Crippen molar-refractivity contribution < 1.29 is 8.42 Å². The molecular formula is C9H18BrNO2S. The van der Waals surface area contributed by atoms with E-state index in [1.807, 2.05) is 0 Å². The quantitative estimate of drug-likeness (QED) is 0.801. The van der Waals surface area contributed by atoms with Gasteiger partial charge < -0.3 is 0 Å². The number of hydrogen-bond acceptors (Lipinski definition) is 2. The van der Waals surface area contributed by atoms with Gasteiger partial charge in [0.05, 0.1) is 6.26 Å². The molecule has 1 rings (SSSR count). The van der Waals surface area contributed by atoms with Crippen LogP contribution in [0.2, 0.25) is 0 Å². The Morgan fingerprint density at radius 3 is 2.29 bits per heavy atom. The van der Waals surface area contributed by atoms with E-state index in [9.17, 15) is 8.42 Å². The predicted octanol–water partition coefficient (Wildman–Crippen LogP) is 1.88. The molecule has 0 radical (unpaired) electrons. The van der Waals surface area contributed by atoms with Gasteiger partial charge in [-0.25, -0.2) is 13.1 Å². The second-order valence-electron chi connectivity index (χ2n) is 4.09. The van der Waals surface area contributed by atoms with Crippen LogP contribution in [0.25, 0.3) is 0 Å². The summed E-state index contributed by atoms with van der Waals surface area (Å²) in [7, 11) is -3.01. The SMILES string of the molecule is CS(=O)(=O)NC1CCC(CCBr)CC1. The highest BCUT2D eigenvalue weighted by atomic mass is 79.9. The Labute approximate surface area is 94.8 Å². The van der Waals surface area contributed by atoms with Crippen LogP contribution in [0.15, 0.2) is 0 Å². The Hall–Kier alpha value is 0.390. The smallest absolute Gasteiger partial charge is 0.208 e. The maximum atomic E-state index is 11.0. The molecule has 0 spiro atoms. The fourth-order valence-corrected chi connectivity index (χ4v) is 3.51. The van der Waals surface area contributed by atoms with Crippen LogP contribution in [-0.2, 0) is 10.0 Å². The minimum Gasteiger partial charge on any atom is -0.213 e. The van der Waals surface area contributed by atoms with Gasteiger partial charge in [0.2, 0.25) is 10.0 Å². The van der Waals surface area contributed by atoms with Crippen LogP contribution < -0.4 is 4.72 Å². The lowest BCUT2D eigenvalue weighted by Gasteiger charge is -2.28. The van der Waals surface area contributed by atoms with Crippen molar-refractivity contribution in [1.29, 1.82) is 0 Å². The zero-order valence-electron chi connectivity index (χ0n) is 8.50. The Kier molecular flexibility index (Phi) is 4.87. The lowest BCUT2D eigenvalue weighted by molar-refractivity contribution is 0.308. The highest BCUT2D eigenvalue weighted by Gasteiger charge is 2.22. The summed E-state index contributed by atoms with van der Waals surface area (Å²) in [5.74, 6) is 0.784. The first kappa shape index (κ1) is 12.5. The molecule has 0 aromatic carbocycles. The Morgan fingerprint density at radius 2 is 1.86 bits per heavy atom. The monoisotopic (exact) mass is 283 g/mol. The maximum Gasteiger partial charge on any atom is 0.208 e. The van der Waals surface area contributed by atoms with Crippen molar-refractivity contribution in [3.63, 3.8) is 0 Å². The van der Waals surface area contributed by atoms with Crippen LogP contribution in [0, 0.1) is 5.92 Å². The third kappa shape index (κ3) is 4.75. The van der Waals surface area contributed by atoms with Crippen LogP contribution in [0.5, 0.6) is 0 Å².